The van der Waals surface area contributed by atoms with Crippen molar-refractivity contribution in [2.45, 2.75) is 18.8 Å². The molecule has 2 aromatic carbocycles. The molecule has 0 aliphatic carbocycles. The van der Waals surface area contributed by atoms with Gasteiger partial charge in [0, 0.05) is 11.1 Å². The summed E-state index contributed by atoms with van der Waals surface area (Å²) in [5, 5.41) is 0. The second-order valence-corrected chi connectivity index (χ2v) is 4.81. The third kappa shape index (κ3) is 3.21. The van der Waals surface area contributed by atoms with Crippen LogP contribution in [0.5, 0.6) is 0 Å². The Labute approximate surface area is 130 Å². The Morgan fingerprint density at radius 1 is 0.870 bits per heavy atom. The molecule has 0 bridgehead atoms. The third-order valence-corrected chi connectivity index (χ3v) is 3.29. The lowest BCUT2D eigenvalue weighted by atomic mass is 9.95. The van der Waals surface area contributed by atoms with Gasteiger partial charge in [0.2, 0.25) is 0 Å². The summed E-state index contributed by atoms with van der Waals surface area (Å²) in [5.74, 6) is -9.49. The van der Waals surface area contributed by atoms with Crippen molar-refractivity contribution in [3.63, 3.8) is 0 Å². The normalized spacial score (nSPS) is 12.0. The minimum atomic E-state index is -4.42. The van der Waals surface area contributed by atoms with Gasteiger partial charge in [-0.3, -0.25) is 0 Å². The molecule has 0 spiro atoms. The number of carbonyl (C=O) groups is 1. The Balaban J connectivity index is 2.34. The fraction of sp³-hybridized carbons (Fsp3) is 0.235. The average molecular weight is 326 g/mol. The number of carbonyl (C=O) groups excluding carboxylic acids is 1. The molecule has 2 rings (SSSR count). The predicted molar refractivity (Wildman–Crippen MR) is 76.6 cm³/mol. The van der Waals surface area contributed by atoms with Crippen LogP contribution in [0.3, 0.4) is 0 Å². The summed E-state index contributed by atoms with van der Waals surface area (Å²) < 4.78 is 61.5. The summed E-state index contributed by atoms with van der Waals surface area (Å²) in [7, 11) is 0. The Kier molecular flexibility index (Phi) is 4.73. The van der Waals surface area contributed by atoms with Crippen LogP contribution < -0.4 is 0 Å². The first kappa shape index (κ1) is 17.0. The zero-order valence-electron chi connectivity index (χ0n) is 12.2. The molecule has 0 saturated heterocycles. The van der Waals surface area contributed by atoms with Crippen LogP contribution >= 0.6 is 0 Å². The first-order chi connectivity index (χ1) is 10.8. The van der Waals surface area contributed by atoms with E-state index in [-0.39, 0.29) is 12.2 Å². The minimum Gasteiger partial charge on any atom is -0.462 e. The molecule has 0 heterocycles. The van der Waals surface area contributed by atoms with Crippen molar-refractivity contribution in [2.75, 3.05) is 6.61 Å². The number of hydrogen-bond acceptors (Lipinski definition) is 2. The van der Waals surface area contributed by atoms with Gasteiger partial charge >= 0.3 is 17.8 Å². The van der Waals surface area contributed by atoms with Crippen LogP contribution in [0, 0.1) is 0 Å². The number of halogens is 4. The number of alkyl halides is 4. The van der Waals surface area contributed by atoms with Crippen LogP contribution in [-0.4, -0.2) is 12.6 Å². The number of hydrogen-bond donors (Lipinski definition) is 0. The van der Waals surface area contributed by atoms with Crippen molar-refractivity contribution in [1.29, 1.82) is 0 Å². The molecule has 122 valence electrons. The van der Waals surface area contributed by atoms with E-state index in [1.165, 1.54) is 18.2 Å². The molecule has 0 radical (unpaired) electrons. The van der Waals surface area contributed by atoms with Crippen molar-refractivity contribution in [2.24, 2.45) is 0 Å². The van der Waals surface area contributed by atoms with E-state index in [0.717, 1.165) is 36.4 Å². The van der Waals surface area contributed by atoms with Gasteiger partial charge in [0.1, 0.15) is 0 Å². The van der Waals surface area contributed by atoms with E-state index in [0.29, 0.717) is 0 Å². The van der Waals surface area contributed by atoms with E-state index in [1.54, 1.807) is 6.92 Å². The van der Waals surface area contributed by atoms with Crippen molar-refractivity contribution in [3.8, 4) is 0 Å². The second kappa shape index (κ2) is 6.40. The molecule has 0 atom stereocenters. The standard InChI is InChI=1S/C17H14F4O2/c1-2-23-15(22)12-8-10-14(11-9-12)17(20,21)16(18,19)13-6-4-3-5-7-13/h3-11H,2H2,1H3. The van der Waals surface area contributed by atoms with Crippen LogP contribution in [0.4, 0.5) is 17.6 Å². The van der Waals surface area contributed by atoms with Crippen LogP contribution in [0.1, 0.15) is 28.4 Å². The average Bonchev–Trinajstić information content (AvgIpc) is 2.56. The Morgan fingerprint density at radius 3 is 1.83 bits per heavy atom. The fourth-order valence-electron chi connectivity index (χ4n) is 2.04. The number of rotatable bonds is 5. The first-order valence-electron chi connectivity index (χ1n) is 6.89. The van der Waals surface area contributed by atoms with Crippen molar-refractivity contribution in [3.05, 3.63) is 71.3 Å². The van der Waals surface area contributed by atoms with Gasteiger partial charge in [-0.05, 0) is 19.1 Å². The Bertz CT molecular complexity index is 667. The fourth-order valence-corrected chi connectivity index (χ4v) is 2.04. The largest absolute Gasteiger partial charge is 0.462 e. The van der Waals surface area contributed by atoms with Gasteiger partial charge in [-0.1, -0.05) is 42.5 Å². The van der Waals surface area contributed by atoms with E-state index >= 15 is 0 Å². The van der Waals surface area contributed by atoms with Gasteiger partial charge in [0.05, 0.1) is 12.2 Å². The number of benzene rings is 2. The summed E-state index contributed by atoms with van der Waals surface area (Å²) in [6.45, 7) is 1.73. The molecule has 0 N–H and O–H groups in total. The lowest BCUT2D eigenvalue weighted by Gasteiger charge is -2.27. The Hall–Kier alpha value is -2.37. The van der Waals surface area contributed by atoms with Crippen molar-refractivity contribution < 1.29 is 27.1 Å². The van der Waals surface area contributed by atoms with Crippen LogP contribution in [0.25, 0.3) is 0 Å². The summed E-state index contributed by atoms with van der Waals surface area (Å²) in [6, 6.07) is 9.59. The molecule has 0 unspecified atom stereocenters. The predicted octanol–water partition coefficient (Wildman–Crippen LogP) is 4.75. The topological polar surface area (TPSA) is 26.3 Å². The quantitative estimate of drug-likeness (QED) is 0.585. The lowest BCUT2D eigenvalue weighted by molar-refractivity contribution is -0.223. The maximum Gasteiger partial charge on any atom is 0.339 e. The molecular formula is C17H14F4O2. The smallest absolute Gasteiger partial charge is 0.339 e. The molecule has 2 nitrogen and oxygen atoms in total. The summed E-state index contributed by atoms with van der Waals surface area (Å²) in [4.78, 5) is 11.5. The van der Waals surface area contributed by atoms with E-state index in [9.17, 15) is 22.4 Å². The minimum absolute atomic E-state index is 0.0226. The van der Waals surface area contributed by atoms with Gasteiger partial charge in [-0.15, -0.1) is 0 Å². The molecule has 23 heavy (non-hydrogen) atoms. The lowest BCUT2D eigenvalue weighted by Crippen LogP contribution is -2.35. The molecule has 0 saturated carbocycles. The monoisotopic (exact) mass is 326 g/mol. The maximum absolute atomic E-state index is 14.2. The van der Waals surface area contributed by atoms with Crippen LogP contribution in [-0.2, 0) is 16.6 Å². The van der Waals surface area contributed by atoms with Gasteiger partial charge in [0.15, 0.2) is 0 Å². The first-order valence-corrected chi connectivity index (χ1v) is 6.89. The zero-order chi connectivity index (χ0) is 17.1. The number of esters is 1. The summed E-state index contributed by atoms with van der Waals surface area (Å²) in [6.07, 6.45) is 0. The molecule has 0 aromatic heterocycles. The molecule has 0 amide bonds. The number of ether oxygens (including phenoxy) is 1. The highest BCUT2D eigenvalue weighted by Gasteiger charge is 2.58. The van der Waals surface area contributed by atoms with Gasteiger partial charge in [0.25, 0.3) is 0 Å². The second-order valence-electron chi connectivity index (χ2n) is 4.81. The molecule has 0 fully saturated rings. The Morgan fingerprint density at radius 2 is 1.35 bits per heavy atom. The highest BCUT2D eigenvalue weighted by atomic mass is 19.3. The maximum atomic E-state index is 14.2. The molecule has 0 aliphatic heterocycles. The van der Waals surface area contributed by atoms with Gasteiger partial charge < -0.3 is 4.74 Å². The molecular weight excluding hydrogens is 312 g/mol. The van der Waals surface area contributed by atoms with Gasteiger partial charge in [-0.25, -0.2) is 4.79 Å². The third-order valence-electron chi connectivity index (χ3n) is 3.29. The van der Waals surface area contributed by atoms with Crippen LogP contribution in [0.2, 0.25) is 0 Å². The molecule has 6 heteroatoms. The van der Waals surface area contributed by atoms with Crippen molar-refractivity contribution >= 4 is 5.97 Å². The van der Waals surface area contributed by atoms with E-state index in [2.05, 4.69) is 0 Å². The SMILES string of the molecule is CCOC(=O)c1ccc(C(F)(F)C(F)(F)c2ccccc2)cc1. The van der Waals surface area contributed by atoms with E-state index < -0.39 is 28.9 Å². The van der Waals surface area contributed by atoms with E-state index in [1.807, 2.05) is 0 Å². The molecule has 2 aromatic rings. The highest BCUT2D eigenvalue weighted by Crippen LogP contribution is 2.49. The summed E-state index contributed by atoms with van der Waals surface area (Å²) in [5.41, 5.74) is -1.63. The highest BCUT2D eigenvalue weighted by molar-refractivity contribution is 5.89. The summed E-state index contributed by atoms with van der Waals surface area (Å²) >= 11 is 0. The molecule has 0 aliphatic rings. The van der Waals surface area contributed by atoms with E-state index in [4.69, 9.17) is 4.74 Å². The zero-order valence-corrected chi connectivity index (χ0v) is 12.2. The van der Waals surface area contributed by atoms with Crippen LogP contribution in [0.15, 0.2) is 54.6 Å². The van der Waals surface area contributed by atoms with Gasteiger partial charge in [-0.2, -0.15) is 17.6 Å². The van der Waals surface area contributed by atoms with Crippen molar-refractivity contribution in [1.82, 2.24) is 0 Å².